The van der Waals surface area contributed by atoms with Crippen LogP contribution in [0, 0.1) is 6.92 Å². The molecule has 5 aromatic rings. The standard InChI is InChI=1S/C29H26N4O3.ClH/c1-3-26-20(2)31-29-32(16-17-33(29)28(26)35)18-21-4-6-23(7-5-21)27(34)24-8-10-25(11-9-24)36-19-22-12-14-30-15-13-22;/h4-17H,3,18-19H2,1-2H3;1H. The van der Waals surface area contributed by atoms with E-state index in [9.17, 15) is 9.59 Å². The van der Waals surface area contributed by atoms with E-state index in [1.165, 1.54) is 0 Å². The van der Waals surface area contributed by atoms with Crippen molar-refractivity contribution in [3.8, 4) is 5.75 Å². The van der Waals surface area contributed by atoms with Gasteiger partial charge < -0.3 is 9.30 Å². The number of carbonyl (C=O) groups excluding carboxylic acids is 1. The van der Waals surface area contributed by atoms with Gasteiger partial charge in [0.25, 0.3) is 5.56 Å². The largest absolute Gasteiger partial charge is 0.489 e. The average Bonchev–Trinajstić information content (AvgIpc) is 3.31. The molecule has 0 spiro atoms. The third-order valence-corrected chi connectivity index (χ3v) is 6.24. The molecule has 8 heteroatoms. The van der Waals surface area contributed by atoms with E-state index in [0.717, 1.165) is 22.4 Å². The lowest BCUT2D eigenvalue weighted by atomic mass is 10.0. The van der Waals surface area contributed by atoms with Crippen LogP contribution in [0.25, 0.3) is 5.78 Å². The maximum atomic E-state index is 13.0. The van der Waals surface area contributed by atoms with Gasteiger partial charge in [0, 0.05) is 47.2 Å². The number of fused-ring (bicyclic) bond motifs is 1. The van der Waals surface area contributed by atoms with Crippen LogP contribution in [-0.4, -0.2) is 24.7 Å². The lowest BCUT2D eigenvalue weighted by molar-refractivity contribution is 0.103. The lowest BCUT2D eigenvalue weighted by Crippen LogP contribution is -2.20. The van der Waals surface area contributed by atoms with E-state index in [0.29, 0.717) is 42.2 Å². The molecule has 0 bridgehead atoms. The highest BCUT2D eigenvalue weighted by Gasteiger charge is 2.13. The number of ketones is 1. The van der Waals surface area contributed by atoms with Gasteiger partial charge >= 0.3 is 0 Å². The number of imidazole rings is 1. The third-order valence-electron chi connectivity index (χ3n) is 6.24. The Labute approximate surface area is 220 Å². The topological polar surface area (TPSA) is 78.5 Å². The van der Waals surface area contributed by atoms with E-state index in [4.69, 9.17) is 4.74 Å². The Hall–Kier alpha value is -4.23. The summed E-state index contributed by atoms with van der Waals surface area (Å²) in [4.78, 5) is 34.3. The minimum atomic E-state index is -0.0513. The summed E-state index contributed by atoms with van der Waals surface area (Å²) >= 11 is 0. The predicted octanol–water partition coefficient (Wildman–Crippen LogP) is 5.04. The smallest absolute Gasteiger partial charge is 0.262 e. The zero-order chi connectivity index (χ0) is 25.1. The highest BCUT2D eigenvalue weighted by atomic mass is 35.5. The molecule has 2 aromatic carbocycles. The minimum Gasteiger partial charge on any atom is -0.489 e. The fourth-order valence-electron chi connectivity index (χ4n) is 4.22. The Balaban J connectivity index is 0.00000320. The molecule has 0 atom stereocenters. The predicted molar refractivity (Wildman–Crippen MR) is 145 cm³/mol. The van der Waals surface area contributed by atoms with Crippen LogP contribution in [0.4, 0.5) is 0 Å². The van der Waals surface area contributed by atoms with E-state index in [1.807, 2.05) is 61.0 Å². The molecule has 0 radical (unpaired) electrons. The molecule has 188 valence electrons. The molecule has 37 heavy (non-hydrogen) atoms. The number of hydrogen-bond donors (Lipinski definition) is 0. The van der Waals surface area contributed by atoms with Crippen molar-refractivity contribution in [3.63, 3.8) is 0 Å². The maximum absolute atomic E-state index is 13.0. The van der Waals surface area contributed by atoms with Gasteiger partial charge in [-0.1, -0.05) is 31.2 Å². The zero-order valence-electron chi connectivity index (χ0n) is 20.6. The molecule has 3 aromatic heterocycles. The Morgan fingerprint density at radius 3 is 2.19 bits per heavy atom. The highest BCUT2D eigenvalue weighted by molar-refractivity contribution is 6.09. The number of carbonyl (C=O) groups is 1. The molecule has 0 aliphatic carbocycles. The summed E-state index contributed by atoms with van der Waals surface area (Å²) in [7, 11) is 0. The lowest BCUT2D eigenvalue weighted by Gasteiger charge is -2.09. The van der Waals surface area contributed by atoms with Crippen molar-refractivity contribution in [2.75, 3.05) is 0 Å². The van der Waals surface area contributed by atoms with Crippen LogP contribution in [0.2, 0.25) is 0 Å². The molecule has 0 saturated heterocycles. The van der Waals surface area contributed by atoms with Crippen LogP contribution >= 0.6 is 12.4 Å². The molecule has 5 rings (SSSR count). The van der Waals surface area contributed by atoms with Gasteiger partial charge in [0.15, 0.2) is 5.78 Å². The number of halogens is 1. The van der Waals surface area contributed by atoms with Gasteiger partial charge in [-0.25, -0.2) is 4.98 Å². The van der Waals surface area contributed by atoms with Gasteiger partial charge in [-0.3, -0.25) is 19.0 Å². The molecule has 0 aliphatic heterocycles. The van der Waals surface area contributed by atoms with Crippen molar-refractivity contribution in [1.82, 2.24) is 18.9 Å². The number of aromatic nitrogens is 4. The Kier molecular flexibility index (Phi) is 7.84. The van der Waals surface area contributed by atoms with Crippen molar-refractivity contribution in [2.45, 2.75) is 33.4 Å². The minimum absolute atomic E-state index is 0. The van der Waals surface area contributed by atoms with Crippen molar-refractivity contribution < 1.29 is 9.53 Å². The number of nitrogens with zero attached hydrogens (tertiary/aromatic N) is 4. The van der Waals surface area contributed by atoms with Gasteiger partial charge in [-0.15, -0.1) is 12.4 Å². The number of ether oxygens (including phenoxy) is 1. The van der Waals surface area contributed by atoms with Crippen molar-refractivity contribution in [1.29, 1.82) is 0 Å². The van der Waals surface area contributed by atoms with E-state index in [-0.39, 0.29) is 23.7 Å². The molecule has 0 saturated carbocycles. The molecule has 0 aliphatic rings. The summed E-state index contributed by atoms with van der Waals surface area (Å²) in [5, 5.41) is 0. The third kappa shape index (κ3) is 5.47. The van der Waals surface area contributed by atoms with Crippen LogP contribution in [0.1, 0.15) is 45.2 Å². The van der Waals surface area contributed by atoms with Crippen LogP contribution in [-0.2, 0) is 19.6 Å². The van der Waals surface area contributed by atoms with Crippen molar-refractivity contribution in [3.05, 3.63) is 129 Å². The van der Waals surface area contributed by atoms with Crippen LogP contribution in [0.3, 0.4) is 0 Å². The normalized spacial score (nSPS) is 10.8. The number of pyridine rings is 1. The van der Waals surface area contributed by atoms with Crippen LogP contribution < -0.4 is 10.3 Å². The first-order chi connectivity index (χ1) is 17.5. The fraction of sp³-hybridized carbons (Fsp3) is 0.172. The van der Waals surface area contributed by atoms with Gasteiger partial charge in [-0.2, -0.15) is 0 Å². The second-order valence-corrected chi connectivity index (χ2v) is 8.63. The fourth-order valence-corrected chi connectivity index (χ4v) is 4.22. The van der Waals surface area contributed by atoms with E-state index in [1.54, 1.807) is 47.3 Å². The van der Waals surface area contributed by atoms with Crippen molar-refractivity contribution >= 4 is 24.0 Å². The highest BCUT2D eigenvalue weighted by Crippen LogP contribution is 2.18. The second kappa shape index (κ2) is 11.2. The molecular weight excluding hydrogens is 488 g/mol. The van der Waals surface area contributed by atoms with Gasteiger partial charge in [-0.05, 0) is 60.9 Å². The molecule has 0 amide bonds. The summed E-state index contributed by atoms with van der Waals surface area (Å²) in [6.45, 7) is 4.82. The monoisotopic (exact) mass is 514 g/mol. The quantitative estimate of drug-likeness (QED) is 0.271. The molecule has 0 N–H and O–H groups in total. The van der Waals surface area contributed by atoms with Gasteiger partial charge in [0.2, 0.25) is 5.78 Å². The number of rotatable bonds is 8. The summed E-state index contributed by atoms with van der Waals surface area (Å²) in [5.41, 5.74) is 4.73. The molecule has 0 unspecified atom stereocenters. The summed E-state index contributed by atoms with van der Waals surface area (Å²) < 4.78 is 9.32. The molecular formula is C29H27ClN4O3. The summed E-state index contributed by atoms with van der Waals surface area (Å²) in [6, 6.07) is 18.5. The van der Waals surface area contributed by atoms with E-state index in [2.05, 4.69) is 9.97 Å². The first kappa shape index (κ1) is 25.9. The van der Waals surface area contributed by atoms with Gasteiger partial charge in [0.1, 0.15) is 12.4 Å². The van der Waals surface area contributed by atoms with Crippen LogP contribution in [0.15, 0.2) is 90.2 Å². The molecule has 7 nitrogen and oxygen atoms in total. The summed E-state index contributed by atoms with van der Waals surface area (Å²) in [6.07, 6.45) is 7.73. The number of hydrogen-bond acceptors (Lipinski definition) is 5. The number of aryl methyl sites for hydroxylation is 1. The maximum Gasteiger partial charge on any atom is 0.262 e. The van der Waals surface area contributed by atoms with Crippen molar-refractivity contribution in [2.24, 2.45) is 0 Å². The van der Waals surface area contributed by atoms with E-state index >= 15 is 0 Å². The molecule has 3 heterocycles. The first-order valence-electron chi connectivity index (χ1n) is 11.9. The molecule has 0 fully saturated rings. The summed E-state index contributed by atoms with van der Waals surface area (Å²) in [5.74, 6) is 1.26. The second-order valence-electron chi connectivity index (χ2n) is 8.63. The Morgan fingerprint density at radius 1 is 0.892 bits per heavy atom. The average molecular weight is 515 g/mol. The first-order valence-corrected chi connectivity index (χ1v) is 11.9. The Morgan fingerprint density at radius 2 is 1.54 bits per heavy atom. The number of benzene rings is 2. The van der Waals surface area contributed by atoms with E-state index < -0.39 is 0 Å². The SMILES string of the molecule is CCc1c(C)nc2n(Cc3ccc(C(=O)c4ccc(OCc5ccncc5)cc4)cc3)ccn2c1=O.Cl. The van der Waals surface area contributed by atoms with Crippen LogP contribution in [0.5, 0.6) is 5.75 Å². The Bertz CT molecular complexity index is 1570. The van der Waals surface area contributed by atoms with Gasteiger partial charge in [0.05, 0.1) is 6.54 Å². The zero-order valence-corrected chi connectivity index (χ0v) is 21.4.